The van der Waals surface area contributed by atoms with Gasteiger partial charge in [-0.25, -0.2) is 0 Å². The molecule has 1 aliphatic carbocycles. The molecule has 1 N–H and O–H groups in total. The zero-order valence-corrected chi connectivity index (χ0v) is 12.3. The minimum absolute atomic E-state index is 0.377. The molecule has 0 radical (unpaired) electrons. The molecule has 1 fully saturated rings. The van der Waals surface area contributed by atoms with Crippen LogP contribution >= 0.6 is 15.9 Å². The van der Waals surface area contributed by atoms with E-state index in [0.29, 0.717) is 0 Å². The Morgan fingerprint density at radius 2 is 1.83 bits per heavy atom. The molecule has 98 valence electrons. The Kier molecular flexibility index (Phi) is 5.45. The van der Waals surface area contributed by atoms with E-state index in [9.17, 15) is 5.11 Å². The Bertz CT molecular complexity index is 377. The van der Waals surface area contributed by atoms with Crippen LogP contribution < -0.4 is 0 Å². The van der Waals surface area contributed by atoms with Crippen molar-refractivity contribution in [3.63, 3.8) is 0 Å². The molecule has 1 aliphatic rings. The zero-order valence-electron chi connectivity index (χ0n) is 10.7. The second-order valence-electron chi connectivity index (χ2n) is 5.13. The highest BCUT2D eigenvalue weighted by atomic mass is 79.9. The first-order valence-corrected chi connectivity index (χ1v) is 7.65. The number of aliphatic hydroxyl groups excluding tert-OH is 1. The molecule has 1 unspecified atom stereocenters. The van der Waals surface area contributed by atoms with Crippen LogP contribution in [-0.4, -0.2) is 5.11 Å². The van der Waals surface area contributed by atoms with Gasteiger partial charge in [0.2, 0.25) is 0 Å². The summed E-state index contributed by atoms with van der Waals surface area (Å²) >= 11 is 3.40. The quantitative estimate of drug-likeness (QED) is 0.775. The van der Waals surface area contributed by atoms with Crippen LogP contribution in [0.4, 0.5) is 0 Å². The summed E-state index contributed by atoms with van der Waals surface area (Å²) in [6, 6.07) is 7.90. The molecule has 1 nitrogen and oxygen atoms in total. The van der Waals surface area contributed by atoms with Crippen LogP contribution in [0.1, 0.15) is 50.2 Å². The van der Waals surface area contributed by atoms with Crippen LogP contribution in [0.2, 0.25) is 0 Å². The van der Waals surface area contributed by atoms with Gasteiger partial charge in [-0.1, -0.05) is 59.5 Å². The highest BCUT2D eigenvalue weighted by molar-refractivity contribution is 9.10. The van der Waals surface area contributed by atoms with E-state index in [1.807, 2.05) is 24.3 Å². The molecule has 0 bridgehead atoms. The van der Waals surface area contributed by atoms with E-state index in [4.69, 9.17) is 0 Å². The van der Waals surface area contributed by atoms with Crippen LogP contribution in [0.25, 0.3) is 0 Å². The highest BCUT2D eigenvalue weighted by Gasteiger charge is 2.10. The summed E-state index contributed by atoms with van der Waals surface area (Å²) in [6.45, 7) is 0. The van der Waals surface area contributed by atoms with Crippen molar-refractivity contribution in [1.29, 1.82) is 0 Å². The molecule has 0 heterocycles. The van der Waals surface area contributed by atoms with Gasteiger partial charge in [-0.3, -0.25) is 0 Å². The smallest absolute Gasteiger partial charge is 0.0824 e. The second-order valence-corrected chi connectivity index (χ2v) is 6.04. The topological polar surface area (TPSA) is 20.2 Å². The fourth-order valence-corrected chi connectivity index (χ4v) is 2.81. The van der Waals surface area contributed by atoms with Gasteiger partial charge in [0, 0.05) is 4.47 Å². The van der Waals surface area contributed by atoms with Gasteiger partial charge < -0.3 is 5.11 Å². The molecule has 0 aromatic heterocycles. The van der Waals surface area contributed by atoms with Crippen molar-refractivity contribution in [1.82, 2.24) is 0 Å². The van der Waals surface area contributed by atoms with E-state index in [2.05, 4.69) is 28.1 Å². The minimum Gasteiger partial charge on any atom is -0.388 e. The average Bonchev–Trinajstić information content (AvgIpc) is 2.40. The zero-order chi connectivity index (χ0) is 12.8. The number of rotatable bonds is 4. The first-order valence-electron chi connectivity index (χ1n) is 6.86. The lowest BCUT2D eigenvalue weighted by Gasteiger charge is -2.18. The maximum Gasteiger partial charge on any atom is 0.0824 e. The molecular weight excluding hydrogens is 288 g/mol. The van der Waals surface area contributed by atoms with Gasteiger partial charge in [0.15, 0.2) is 0 Å². The molecule has 0 aliphatic heterocycles. The van der Waals surface area contributed by atoms with E-state index >= 15 is 0 Å². The molecule has 18 heavy (non-hydrogen) atoms. The van der Waals surface area contributed by atoms with Crippen molar-refractivity contribution in [3.05, 3.63) is 46.5 Å². The highest BCUT2D eigenvalue weighted by Crippen LogP contribution is 2.25. The molecule has 0 amide bonds. The van der Waals surface area contributed by atoms with Crippen LogP contribution in [0.3, 0.4) is 0 Å². The maximum absolute atomic E-state index is 10.1. The second kappa shape index (κ2) is 7.10. The summed E-state index contributed by atoms with van der Waals surface area (Å²) in [7, 11) is 0. The van der Waals surface area contributed by atoms with Crippen LogP contribution in [0, 0.1) is 5.92 Å². The number of allylic oxidation sites excluding steroid dienone is 1. The van der Waals surface area contributed by atoms with Crippen molar-refractivity contribution in [2.24, 2.45) is 5.92 Å². The van der Waals surface area contributed by atoms with Gasteiger partial charge in [0.1, 0.15) is 0 Å². The summed E-state index contributed by atoms with van der Waals surface area (Å²) in [4.78, 5) is 0. The number of hydrogen-bond acceptors (Lipinski definition) is 1. The normalized spacial score (nSPS) is 19.2. The lowest BCUT2D eigenvalue weighted by molar-refractivity contribution is 0.181. The van der Waals surface area contributed by atoms with Gasteiger partial charge in [0.05, 0.1) is 6.10 Å². The van der Waals surface area contributed by atoms with Crippen LogP contribution in [0.5, 0.6) is 0 Å². The summed E-state index contributed by atoms with van der Waals surface area (Å²) in [5, 5.41) is 10.1. The Balaban J connectivity index is 1.81. The van der Waals surface area contributed by atoms with E-state index < -0.39 is 0 Å². The first-order chi connectivity index (χ1) is 8.75. The Labute approximate surface area is 118 Å². The summed E-state index contributed by atoms with van der Waals surface area (Å²) in [6.07, 6.45) is 11.6. The third-order valence-electron chi connectivity index (χ3n) is 3.67. The lowest BCUT2D eigenvalue weighted by Crippen LogP contribution is -2.03. The SMILES string of the molecule is OC(C/C=C\C1CCCCC1)c1ccc(Br)cc1. The maximum atomic E-state index is 10.1. The van der Waals surface area contributed by atoms with E-state index in [1.165, 1.54) is 32.1 Å². The largest absolute Gasteiger partial charge is 0.388 e. The summed E-state index contributed by atoms with van der Waals surface area (Å²) < 4.78 is 1.05. The molecule has 2 heteroatoms. The van der Waals surface area contributed by atoms with Crippen molar-refractivity contribution < 1.29 is 5.11 Å². The monoisotopic (exact) mass is 308 g/mol. The first kappa shape index (κ1) is 13.8. The predicted molar refractivity (Wildman–Crippen MR) is 79.4 cm³/mol. The van der Waals surface area contributed by atoms with E-state index in [-0.39, 0.29) is 6.10 Å². The molecular formula is C16H21BrO. The molecule has 0 saturated heterocycles. The summed E-state index contributed by atoms with van der Waals surface area (Å²) in [5.41, 5.74) is 0.992. The predicted octanol–water partition coefficient (Wildman–Crippen LogP) is 5.01. The van der Waals surface area contributed by atoms with Gasteiger partial charge in [-0.15, -0.1) is 0 Å². The molecule has 1 aromatic carbocycles. The fourth-order valence-electron chi connectivity index (χ4n) is 2.55. The van der Waals surface area contributed by atoms with Gasteiger partial charge in [-0.05, 0) is 42.9 Å². The molecule has 0 spiro atoms. The van der Waals surface area contributed by atoms with E-state index in [1.54, 1.807) is 0 Å². The molecule has 1 aromatic rings. The Hall–Kier alpha value is -0.600. The van der Waals surface area contributed by atoms with Crippen molar-refractivity contribution in [2.45, 2.75) is 44.6 Å². The van der Waals surface area contributed by atoms with Crippen LogP contribution in [-0.2, 0) is 0 Å². The van der Waals surface area contributed by atoms with Crippen molar-refractivity contribution in [2.75, 3.05) is 0 Å². The fraction of sp³-hybridized carbons (Fsp3) is 0.500. The van der Waals surface area contributed by atoms with Gasteiger partial charge in [0.25, 0.3) is 0 Å². The average molecular weight is 309 g/mol. The Morgan fingerprint density at radius 3 is 2.50 bits per heavy atom. The van der Waals surface area contributed by atoms with Gasteiger partial charge >= 0.3 is 0 Å². The molecule has 1 atom stereocenters. The number of hydrogen-bond donors (Lipinski definition) is 1. The van der Waals surface area contributed by atoms with Crippen LogP contribution in [0.15, 0.2) is 40.9 Å². The Morgan fingerprint density at radius 1 is 1.17 bits per heavy atom. The lowest BCUT2D eigenvalue weighted by atomic mass is 9.89. The van der Waals surface area contributed by atoms with E-state index in [0.717, 1.165) is 22.4 Å². The molecule has 2 rings (SSSR count). The van der Waals surface area contributed by atoms with Gasteiger partial charge in [-0.2, -0.15) is 0 Å². The number of aliphatic hydroxyl groups is 1. The van der Waals surface area contributed by atoms with Crippen molar-refractivity contribution >= 4 is 15.9 Å². The number of halogens is 1. The summed E-state index contributed by atoms with van der Waals surface area (Å²) in [5.74, 6) is 0.746. The minimum atomic E-state index is -0.377. The standard InChI is InChI=1S/C16H21BrO/c17-15-11-9-14(10-12-15)16(18)8-4-7-13-5-2-1-3-6-13/h4,7,9-13,16,18H,1-3,5-6,8H2/b7-4-. The third-order valence-corrected chi connectivity index (χ3v) is 4.20. The number of benzene rings is 1. The third kappa shape index (κ3) is 4.25. The molecule has 1 saturated carbocycles. The van der Waals surface area contributed by atoms with Crippen molar-refractivity contribution in [3.8, 4) is 0 Å².